The SMILES string of the molecule is Cc1cc(C(=O)Nc2nc3nc(C)c(C)c(=O)n3[nH]2)c2c(C)nn(C)c2n1. The maximum absolute atomic E-state index is 12.9. The van der Waals surface area contributed by atoms with Gasteiger partial charge in [0.1, 0.15) is 0 Å². The van der Waals surface area contributed by atoms with E-state index in [1.54, 1.807) is 31.6 Å². The van der Waals surface area contributed by atoms with Crippen molar-refractivity contribution in [3.63, 3.8) is 0 Å². The molecule has 0 aliphatic heterocycles. The van der Waals surface area contributed by atoms with Crippen LogP contribution in [-0.4, -0.2) is 40.3 Å². The van der Waals surface area contributed by atoms with E-state index in [-0.39, 0.29) is 23.2 Å². The van der Waals surface area contributed by atoms with Crippen LogP contribution in [0.5, 0.6) is 0 Å². The van der Waals surface area contributed by atoms with Gasteiger partial charge in [-0.3, -0.25) is 24.7 Å². The van der Waals surface area contributed by atoms with Crippen molar-refractivity contribution in [1.29, 1.82) is 0 Å². The van der Waals surface area contributed by atoms with Gasteiger partial charge in [-0.15, -0.1) is 0 Å². The van der Waals surface area contributed by atoms with Gasteiger partial charge in [0.05, 0.1) is 16.6 Å². The molecule has 0 spiro atoms. The van der Waals surface area contributed by atoms with E-state index in [2.05, 4.69) is 30.5 Å². The number of nitrogens with zero attached hydrogens (tertiary/aromatic N) is 6. The third-order valence-electron chi connectivity index (χ3n) is 4.54. The number of amides is 1. The van der Waals surface area contributed by atoms with E-state index in [0.717, 1.165) is 0 Å². The van der Waals surface area contributed by atoms with Gasteiger partial charge in [0.15, 0.2) is 5.65 Å². The summed E-state index contributed by atoms with van der Waals surface area (Å²) in [6, 6.07) is 1.70. The smallest absolute Gasteiger partial charge is 0.277 e. The first kappa shape index (κ1) is 16.9. The predicted octanol–water partition coefficient (Wildman–Crippen LogP) is 1.19. The van der Waals surface area contributed by atoms with Crippen LogP contribution in [0.4, 0.5) is 5.95 Å². The van der Waals surface area contributed by atoms with Crippen LogP contribution in [0.3, 0.4) is 0 Å². The molecule has 0 aliphatic rings. The maximum atomic E-state index is 12.9. The predicted molar refractivity (Wildman–Crippen MR) is 99.0 cm³/mol. The second kappa shape index (κ2) is 5.73. The lowest BCUT2D eigenvalue weighted by molar-refractivity contribution is 0.102. The Labute approximate surface area is 153 Å². The van der Waals surface area contributed by atoms with Crippen LogP contribution in [0.15, 0.2) is 10.9 Å². The molecular formula is C17H18N8O2. The second-order valence-electron chi connectivity index (χ2n) is 6.51. The number of aryl methyl sites for hydroxylation is 4. The number of hydrogen-bond donors (Lipinski definition) is 2. The van der Waals surface area contributed by atoms with Crippen LogP contribution in [0.25, 0.3) is 16.8 Å². The van der Waals surface area contributed by atoms with Crippen molar-refractivity contribution >= 4 is 28.7 Å². The van der Waals surface area contributed by atoms with Gasteiger partial charge in [0, 0.05) is 24.0 Å². The van der Waals surface area contributed by atoms with E-state index in [1.165, 1.54) is 4.52 Å². The summed E-state index contributed by atoms with van der Waals surface area (Å²) < 4.78 is 2.85. The van der Waals surface area contributed by atoms with Gasteiger partial charge in [-0.25, -0.2) is 9.97 Å². The molecule has 0 saturated heterocycles. The fourth-order valence-corrected chi connectivity index (χ4v) is 3.08. The molecular weight excluding hydrogens is 348 g/mol. The third-order valence-corrected chi connectivity index (χ3v) is 4.54. The Morgan fingerprint density at radius 2 is 1.85 bits per heavy atom. The minimum absolute atomic E-state index is 0.138. The second-order valence-corrected chi connectivity index (χ2v) is 6.51. The minimum Gasteiger partial charge on any atom is -0.291 e. The molecule has 0 radical (unpaired) electrons. The molecule has 10 nitrogen and oxygen atoms in total. The summed E-state index contributed by atoms with van der Waals surface area (Å²) in [5.41, 5.74) is 3.34. The monoisotopic (exact) mass is 366 g/mol. The van der Waals surface area contributed by atoms with E-state index in [9.17, 15) is 9.59 Å². The van der Waals surface area contributed by atoms with Crippen molar-refractivity contribution in [3.8, 4) is 0 Å². The molecule has 4 aromatic rings. The van der Waals surface area contributed by atoms with E-state index < -0.39 is 0 Å². The first-order chi connectivity index (χ1) is 12.8. The summed E-state index contributed by atoms with van der Waals surface area (Å²) in [7, 11) is 1.78. The first-order valence-corrected chi connectivity index (χ1v) is 8.34. The van der Waals surface area contributed by atoms with Crippen LogP contribution in [0, 0.1) is 27.7 Å². The molecule has 27 heavy (non-hydrogen) atoms. The number of hydrogen-bond acceptors (Lipinski definition) is 6. The Balaban J connectivity index is 1.79. The molecule has 0 bridgehead atoms. The lowest BCUT2D eigenvalue weighted by Gasteiger charge is -2.05. The Morgan fingerprint density at radius 3 is 2.59 bits per heavy atom. The van der Waals surface area contributed by atoms with Crippen molar-refractivity contribution in [1.82, 2.24) is 34.3 Å². The number of H-pyrrole nitrogens is 1. The van der Waals surface area contributed by atoms with Crippen molar-refractivity contribution in [2.75, 3.05) is 5.32 Å². The largest absolute Gasteiger partial charge is 0.291 e. The molecule has 138 valence electrons. The fraction of sp³-hybridized carbons (Fsp3) is 0.294. The first-order valence-electron chi connectivity index (χ1n) is 8.34. The Bertz CT molecular complexity index is 1290. The van der Waals surface area contributed by atoms with Gasteiger partial charge in [0.25, 0.3) is 17.2 Å². The zero-order chi connectivity index (χ0) is 19.5. The average Bonchev–Trinajstić information content (AvgIpc) is 3.13. The van der Waals surface area contributed by atoms with E-state index in [1.807, 2.05) is 13.8 Å². The summed E-state index contributed by atoms with van der Waals surface area (Å²) >= 11 is 0. The van der Waals surface area contributed by atoms with Crippen molar-refractivity contribution in [3.05, 3.63) is 44.6 Å². The lowest BCUT2D eigenvalue weighted by Crippen LogP contribution is -2.20. The van der Waals surface area contributed by atoms with Crippen molar-refractivity contribution < 1.29 is 4.79 Å². The lowest BCUT2D eigenvalue weighted by atomic mass is 10.1. The van der Waals surface area contributed by atoms with Crippen LogP contribution in [0.1, 0.15) is 33.0 Å². The molecule has 10 heteroatoms. The quantitative estimate of drug-likeness (QED) is 0.549. The van der Waals surface area contributed by atoms with Gasteiger partial charge in [-0.2, -0.15) is 14.6 Å². The summed E-state index contributed by atoms with van der Waals surface area (Å²) in [6.07, 6.45) is 0. The summed E-state index contributed by atoms with van der Waals surface area (Å²) in [5, 5.41) is 10.5. The molecule has 4 heterocycles. The van der Waals surface area contributed by atoms with E-state index in [0.29, 0.717) is 39.2 Å². The number of pyridine rings is 1. The van der Waals surface area contributed by atoms with Crippen molar-refractivity contribution in [2.45, 2.75) is 27.7 Å². The highest BCUT2D eigenvalue weighted by Gasteiger charge is 2.19. The zero-order valence-electron chi connectivity index (χ0n) is 15.6. The Morgan fingerprint density at radius 1 is 1.11 bits per heavy atom. The number of nitrogens with one attached hydrogen (secondary N) is 2. The highest BCUT2D eigenvalue weighted by molar-refractivity contribution is 6.12. The van der Waals surface area contributed by atoms with Gasteiger partial charge in [0.2, 0.25) is 5.95 Å². The normalized spacial score (nSPS) is 11.4. The molecule has 0 aliphatic carbocycles. The van der Waals surface area contributed by atoms with Crippen LogP contribution >= 0.6 is 0 Å². The number of anilines is 1. The van der Waals surface area contributed by atoms with Gasteiger partial charge < -0.3 is 0 Å². The molecule has 0 unspecified atom stereocenters. The van der Waals surface area contributed by atoms with Crippen molar-refractivity contribution in [2.24, 2.45) is 7.05 Å². The molecule has 4 aromatic heterocycles. The Hall–Kier alpha value is -3.56. The van der Waals surface area contributed by atoms with Crippen LogP contribution in [-0.2, 0) is 7.05 Å². The van der Waals surface area contributed by atoms with Gasteiger partial charge in [-0.05, 0) is 33.8 Å². The molecule has 0 atom stereocenters. The number of rotatable bonds is 2. The minimum atomic E-state index is -0.373. The number of carbonyl (C=O) groups excluding carboxylic acids is 1. The van der Waals surface area contributed by atoms with Gasteiger partial charge >= 0.3 is 0 Å². The van der Waals surface area contributed by atoms with E-state index >= 15 is 0 Å². The zero-order valence-corrected chi connectivity index (χ0v) is 15.6. The number of carbonyl (C=O) groups is 1. The third kappa shape index (κ3) is 2.57. The Kier molecular flexibility index (Phi) is 3.58. The highest BCUT2D eigenvalue weighted by atomic mass is 16.2. The fourth-order valence-electron chi connectivity index (χ4n) is 3.08. The maximum Gasteiger partial charge on any atom is 0.277 e. The number of fused-ring (bicyclic) bond motifs is 2. The highest BCUT2D eigenvalue weighted by Crippen LogP contribution is 2.22. The molecule has 0 fully saturated rings. The molecule has 4 rings (SSSR count). The summed E-state index contributed by atoms with van der Waals surface area (Å²) in [4.78, 5) is 38.1. The van der Waals surface area contributed by atoms with Gasteiger partial charge in [-0.1, -0.05) is 0 Å². The van der Waals surface area contributed by atoms with E-state index in [4.69, 9.17) is 0 Å². The molecule has 0 aromatic carbocycles. The van der Waals surface area contributed by atoms with Crippen LogP contribution < -0.4 is 10.9 Å². The standard InChI is InChI=1S/C17H18N8O2/c1-7-6-11(12-10(4)22-24(5)13(12)18-7)14(26)20-16-21-17-19-9(3)8(2)15(27)25(17)23-16/h6H,1-5H3,(H2,19,20,21,23,26). The average molecular weight is 366 g/mol. The summed E-state index contributed by atoms with van der Waals surface area (Å²) in [5.74, 6) is -0.0343. The molecule has 0 saturated carbocycles. The molecule has 2 N–H and O–H groups in total. The summed E-state index contributed by atoms with van der Waals surface area (Å²) in [6.45, 7) is 7.07. The molecule has 1 amide bonds. The topological polar surface area (TPSA) is 123 Å². The van der Waals surface area contributed by atoms with Crippen LogP contribution in [0.2, 0.25) is 0 Å². The number of aromatic amines is 1. The number of aromatic nitrogens is 7.